The van der Waals surface area contributed by atoms with Gasteiger partial charge in [-0.2, -0.15) is 0 Å². The van der Waals surface area contributed by atoms with Crippen LogP contribution in [0.4, 0.5) is 11.4 Å². The molecule has 3 N–H and O–H groups in total. The van der Waals surface area contributed by atoms with Crippen LogP contribution in [0.1, 0.15) is 13.8 Å². The van der Waals surface area contributed by atoms with E-state index in [9.17, 15) is 4.79 Å². The maximum atomic E-state index is 12.1. The molecule has 5 heteroatoms. The molecule has 1 heterocycles. The Hall–Kier alpha value is -1.07. The minimum Gasteiger partial charge on any atom is -0.374 e. The van der Waals surface area contributed by atoms with Gasteiger partial charge in [0.25, 0.3) is 0 Å². The third-order valence-electron chi connectivity index (χ3n) is 2.99. The molecule has 0 saturated carbocycles. The number of amides is 1. The summed E-state index contributed by atoms with van der Waals surface area (Å²) in [6, 6.07) is 5.86. The highest BCUT2D eigenvalue weighted by molar-refractivity contribution is 9.10. The molecule has 0 saturated heterocycles. The minimum atomic E-state index is -0.380. The quantitative estimate of drug-likeness (QED) is 0.877. The zero-order valence-corrected chi connectivity index (χ0v) is 11.5. The van der Waals surface area contributed by atoms with Gasteiger partial charge in [-0.25, -0.2) is 0 Å². The van der Waals surface area contributed by atoms with Gasteiger partial charge in [0, 0.05) is 11.0 Å². The van der Waals surface area contributed by atoms with E-state index in [0.717, 1.165) is 15.8 Å². The number of nitrogens with zero attached hydrogens (tertiary/aromatic N) is 1. The molecule has 1 amide bonds. The van der Waals surface area contributed by atoms with Crippen LogP contribution in [-0.2, 0) is 4.79 Å². The summed E-state index contributed by atoms with van der Waals surface area (Å²) >= 11 is 3.43. The lowest BCUT2D eigenvalue weighted by molar-refractivity contribution is -0.118. The monoisotopic (exact) mass is 297 g/mol. The second-order valence-corrected chi connectivity index (χ2v) is 5.68. The van der Waals surface area contributed by atoms with Gasteiger partial charge in [0.2, 0.25) is 5.91 Å². The normalized spacial score (nSPS) is 15.5. The Labute approximate surface area is 109 Å². The lowest BCUT2D eigenvalue weighted by Crippen LogP contribution is -2.56. The Morgan fingerprint density at radius 1 is 1.53 bits per heavy atom. The Kier molecular flexibility index (Phi) is 3.14. The molecule has 0 unspecified atom stereocenters. The number of benzene rings is 1. The van der Waals surface area contributed by atoms with Crippen molar-refractivity contribution in [2.75, 3.05) is 23.3 Å². The SMILES string of the molecule is CC(C)(CN)N1C(=O)CNc2ccc(Br)cc21. The Balaban J connectivity index is 2.53. The third-order valence-corrected chi connectivity index (χ3v) is 3.48. The number of halogens is 1. The number of nitrogens with one attached hydrogen (secondary N) is 1. The van der Waals surface area contributed by atoms with E-state index in [-0.39, 0.29) is 11.4 Å². The van der Waals surface area contributed by atoms with Crippen molar-refractivity contribution < 1.29 is 4.79 Å². The van der Waals surface area contributed by atoms with Crippen molar-refractivity contribution in [3.8, 4) is 0 Å². The maximum Gasteiger partial charge on any atom is 0.246 e. The van der Waals surface area contributed by atoms with E-state index in [2.05, 4.69) is 21.2 Å². The average Bonchev–Trinajstić information content (AvgIpc) is 2.28. The topological polar surface area (TPSA) is 58.4 Å². The van der Waals surface area contributed by atoms with Crippen molar-refractivity contribution in [1.29, 1.82) is 0 Å². The zero-order chi connectivity index (χ0) is 12.6. The smallest absolute Gasteiger partial charge is 0.246 e. The Bertz CT molecular complexity index is 459. The molecule has 1 aromatic carbocycles. The van der Waals surface area contributed by atoms with Gasteiger partial charge in [-0.1, -0.05) is 15.9 Å². The van der Waals surface area contributed by atoms with E-state index in [1.54, 1.807) is 4.90 Å². The predicted octanol–water partition coefficient (Wildman–Crippen LogP) is 1.94. The number of anilines is 2. The van der Waals surface area contributed by atoms with Crippen LogP contribution >= 0.6 is 15.9 Å². The Morgan fingerprint density at radius 3 is 2.88 bits per heavy atom. The van der Waals surface area contributed by atoms with Crippen molar-refractivity contribution in [3.63, 3.8) is 0 Å². The van der Waals surface area contributed by atoms with Gasteiger partial charge < -0.3 is 16.0 Å². The van der Waals surface area contributed by atoms with E-state index in [4.69, 9.17) is 5.73 Å². The molecule has 4 nitrogen and oxygen atoms in total. The maximum absolute atomic E-state index is 12.1. The molecule has 1 aliphatic rings. The minimum absolute atomic E-state index is 0.0473. The van der Waals surface area contributed by atoms with Crippen LogP contribution < -0.4 is 16.0 Å². The van der Waals surface area contributed by atoms with E-state index >= 15 is 0 Å². The summed E-state index contributed by atoms with van der Waals surface area (Å²) in [7, 11) is 0. The molecule has 1 aromatic rings. The molecule has 92 valence electrons. The summed E-state index contributed by atoms with van der Waals surface area (Å²) in [5.74, 6) is 0.0473. The van der Waals surface area contributed by atoms with Crippen molar-refractivity contribution in [3.05, 3.63) is 22.7 Å². The molecule has 0 spiro atoms. The van der Waals surface area contributed by atoms with Crippen molar-refractivity contribution in [2.24, 2.45) is 5.73 Å². The second-order valence-electron chi connectivity index (χ2n) is 4.76. The summed E-state index contributed by atoms with van der Waals surface area (Å²) < 4.78 is 0.950. The van der Waals surface area contributed by atoms with E-state index in [1.807, 2.05) is 32.0 Å². The van der Waals surface area contributed by atoms with Crippen LogP contribution in [0.25, 0.3) is 0 Å². The first-order chi connectivity index (χ1) is 7.95. The molecule has 0 aliphatic carbocycles. The summed E-state index contributed by atoms with van der Waals surface area (Å²) in [6.45, 7) is 4.69. The molecular weight excluding hydrogens is 282 g/mol. The number of hydrogen-bond acceptors (Lipinski definition) is 3. The fourth-order valence-electron chi connectivity index (χ4n) is 1.98. The van der Waals surface area contributed by atoms with Crippen molar-refractivity contribution in [2.45, 2.75) is 19.4 Å². The summed E-state index contributed by atoms with van der Waals surface area (Å²) in [4.78, 5) is 13.8. The number of carbonyl (C=O) groups excluding carboxylic acids is 1. The van der Waals surface area contributed by atoms with Crippen LogP contribution in [0.5, 0.6) is 0 Å². The highest BCUT2D eigenvalue weighted by Gasteiger charge is 2.34. The predicted molar refractivity (Wildman–Crippen MR) is 73.3 cm³/mol. The van der Waals surface area contributed by atoms with Gasteiger partial charge in [0.05, 0.1) is 23.5 Å². The van der Waals surface area contributed by atoms with Gasteiger partial charge >= 0.3 is 0 Å². The molecule has 0 radical (unpaired) electrons. The van der Waals surface area contributed by atoms with Gasteiger partial charge in [0.1, 0.15) is 0 Å². The second kappa shape index (κ2) is 4.31. The third kappa shape index (κ3) is 2.17. The highest BCUT2D eigenvalue weighted by Crippen LogP contribution is 2.36. The first-order valence-corrected chi connectivity index (χ1v) is 6.31. The van der Waals surface area contributed by atoms with E-state index in [0.29, 0.717) is 13.1 Å². The molecule has 0 atom stereocenters. The number of carbonyl (C=O) groups is 1. The van der Waals surface area contributed by atoms with Crippen molar-refractivity contribution >= 4 is 33.2 Å². The summed E-state index contributed by atoms with van der Waals surface area (Å²) in [6.07, 6.45) is 0. The first-order valence-electron chi connectivity index (χ1n) is 5.52. The number of hydrogen-bond donors (Lipinski definition) is 2. The van der Waals surface area contributed by atoms with Gasteiger partial charge in [0.15, 0.2) is 0 Å². The van der Waals surface area contributed by atoms with Crippen LogP contribution in [0.2, 0.25) is 0 Å². The van der Waals surface area contributed by atoms with Crippen LogP contribution in [0, 0.1) is 0 Å². The average molecular weight is 298 g/mol. The van der Waals surface area contributed by atoms with Gasteiger partial charge in [-0.05, 0) is 32.0 Å². The van der Waals surface area contributed by atoms with E-state index < -0.39 is 0 Å². The lowest BCUT2D eigenvalue weighted by atomic mass is 10.00. The number of nitrogens with two attached hydrogens (primary N) is 1. The van der Waals surface area contributed by atoms with E-state index in [1.165, 1.54) is 0 Å². The zero-order valence-electron chi connectivity index (χ0n) is 9.96. The summed E-state index contributed by atoms with van der Waals surface area (Å²) in [5.41, 5.74) is 7.24. The molecule has 17 heavy (non-hydrogen) atoms. The van der Waals surface area contributed by atoms with Gasteiger partial charge in [-0.3, -0.25) is 4.79 Å². The fourth-order valence-corrected chi connectivity index (χ4v) is 2.33. The summed E-state index contributed by atoms with van der Waals surface area (Å²) in [5, 5.41) is 3.11. The number of rotatable bonds is 2. The van der Waals surface area contributed by atoms with Gasteiger partial charge in [-0.15, -0.1) is 0 Å². The van der Waals surface area contributed by atoms with Crippen LogP contribution in [0.15, 0.2) is 22.7 Å². The fraction of sp³-hybridized carbons (Fsp3) is 0.417. The standard InChI is InChI=1S/C12H16BrN3O/c1-12(2,7-14)16-10-5-8(13)3-4-9(10)15-6-11(16)17/h3-5,15H,6-7,14H2,1-2H3. The molecule has 0 bridgehead atoms. The number of fused-ring (bicyclic) bond motifs is 1. The molecule has 1 aliphatic heterocycles. The highest BCUT2D eigenvalue weighted by atomic mass is 79.9. The van der Waals surface area contributed by atoms with Crippen LogP contribution in [-0.4, -0.2) is 24.5 Å². The van der Waals surface area contributed by atoms with Crippen LogP contribution in [0.3, 0.4) is 0 Å². The molecule has 2 rings (SSSR count). The molecule has 0 fully saturated rings. The molecule has 0 aromatic heterocycles. The molecular formula is C12H16BrN3O. The largest absolute Gasteiger partial charge is 0.374 e. The Morgan fingerprint density at radius 2 is 2.24 bits per heavy atom. The first kappa shape index (κ1) is 12.4. The lowest BCUT2D eigenvalue weighted by Gasteiger charge is -2.41. The van der Waals surface area contributed by atoms with Crippen molar-refractivity contribution in [1.82, 2.24) is 0 Å².